The number of fused-ring (bicyclic) bond motifs is 1. The molecule has 258 valence electrons. The monoisotopic (exact) mass is 713 g/mol. The molecule has 1 fully saturated rings. The van der Waals surface area contributed by atoms with Gasteiger partial charge in [-0.15, -0.1) is 0 Å². The normalized spacial score (nSPS) is 16.0. The van der Waals surface area contributed by atoms with Crippen molar-refractivity contribution in [2.75, 3.05) is 19.6 Å². The zero-order valence-electron chi connectivity index (χ0n) is 26.8. The van der Waals surface area contributed by atoms with E-state index in [0.29, 0.717) is 17.5 Å². The maximum Gasteiger partial charge on any atom is 0.408 e. The molecule has 2 atom stereocenters. The van der Waals surface area contributed by atoms with Gasteiger partial charge in [-0.05, 0) is 53.3 Å². The van der Waals surface area contributed by atoms with E-state index in [0.717, 1.165) is 10.9 Å². The molecule has 0 saturated carbocycles. The number of Topliss-reactive ketones (excluding diaryl/α,β-unsaturated/α-hetero) is 1. The van der Waals surface area contributed by atoms with Gasteiger partial charge in [0, 0.05) is 25.0 Å². The number of ether oxygens (including phenoxy) is 1. The van der Waals surface area contributed by atoms with Crippen LogP contribution in [0.25, 0.3) is 10.8 Å². The third-order valence-corrected chi connectivity index (χ3v) is 11.5. The van der Waals surface area contributed by atoms with Crippen LogP contribution in [0, 0.1) is 0 Å². The van der Waals surface area contributed by atoms with Crippen LogP contribution >= 0.6 is 0 Å². The Morgan fingerprint density at radius 2 is 1.44 bits per heavy atom. The number of carbonyl (C=O) groups excluding carboxylic acids is 2. The van der Waals surface area contributed by atoms with Gasteiger partial charge in [-0.2, -0.15) is 12.7 Å². The molecule has 6 rings (SSSR count). The lowest BCUT2D eigenvalue weighted by Gasteiger charge is -2.36. The fourth-order valence-electron chi connectivity index (χ4n) is 5.80. The van der Waals surface area contributed by atoms with Crippen molar-refractivity contribution in [2.45, 2.75) is 34.9 Å². The smallest absolute Gasteiger partial charge is 0.408 e. The van der Waals surface area contributed by atoms with Crippen LogP contribution in [0.2, 0.25) is 0 Å². The maximum atomic E-state index is 14.4. The summed E-state index contributed by atoms with van der Waals surface area (Å²) in [6.45, 7) is 0.361. The van der Waals surface area contributed by atoms with Gasteiger partial charge in [-0.3, -0.25) is 4.79 Å². The van der Waals surface area contributed by atoms with Gasteiger partial charge < -0.3 is 19.6 Å². The molecule has 1 unspecified atom stereocenters. The van der Waals surface area contributed by atoms with Crippen molar-refractivity contribution >= 4 is 42.8 Å². The van der Waals surface area contributed by atoms with E-state index in [1.54, 1.807) is 60.7 Å². The predicted molar refractivity (Wildman–Crippen MR) is 187 cm³/mol. The molecular weight excluding hydrogens is 679 g/mol. The van der Waals surface area contributed by atoms with Crippen LogP contribution in [-0.4, -0.2) is 64.7 Å². The number of carbonyl (C=O) groups is 2. The molecule has 0 aliphatic carbocycles. The van der Waals surface area contributed by atoms with E-state index in [-0.39, 0.29) is 41.7 Å². The van der Waals surface area contributed by atoms with Crippen LogP contribution in [0.3, 0.4) is 0 Å². The highest BCUT2D eigenvalue weighted by Gasteiger charge is 2.41. The van der Waals surface area contributed by atoms with Crippen molar-refractivity contribution in [3.63, 3.8) is 0 Å². The number of ketones is 1. The molecular formula is C37H35N3O8S2. The summed E-state index contributed by atoms with van der Waals surface area (Å²) in [7, 11) is -8.23. The fraction of sp³-hybridized carbons (Fsp3) is 0.189. The average molecular weight is 714 g/mol. The molecule has 50 heavy (non-hydrogen) atoms. The standard InChI is InChI=1S/C37H35N3O8S2/c41-36(34-25-38-22-23-40(34)49(43,44)35-17-9-13-29-12-7-8-16-32(29)35)33(39-37(42)47-26-28-10-3-1-4-11-28)24-27-18-20-30(21-19-27)48-50(45,46)31-14-5-2-6-15-31/h1-21,33-34,38H,22-26H2,(H,39,42)/t33-,34?/m0/s1. The van der Waals surface area contributed by atoms with Gasteiger partial charge in [-0.25, -0.2) is 13.2 Å². The molecule has 1 aliphatic rings. The molecule has 5 aromatic carbocycles. The Kier molecular flexibility index (Phi) is 10.6. The number of nitrogens with zero attached hydrogens (tertiary/aromatic N) is 1. The molecule has 0 aromatic heterocycles. The van der Waals surface area contributed by atoms with Crippen molar-refractivity contribution in [2.24, 2.45) is 0 Å². The van der Waals surface area contributed by atoms with E-state index >= 15 is 0 Å². The highest BCUT2D eigenvalue weighted by Crippen LogP contribution is 2.28. The summed E-state index contributed by atoms with van der Waals surface area (Å²) in [5.74, 6) is -0.482. The molecule has 1 amide bonds. The Labute approximate surface area is 291 Å². The predicted octanol–water partition coefficient (Wildman–Crippen LogP) is 4.68. The number of sulfonamides is 1. The van der Waals surface area contributed by atoms with E-state index in [4.69, 9.17) is 8.92 Å². The Bertz CT molecular complexity index is 2180. The topological polar surface area (TPSA) is 148 Å². The van der Waals surface area contributed by atoms with Crippen molar-refractivity contribution < 1.29 is 35.3 Å². The van der Waals surface area contributed by atoms with Crippen molar-refractivity contribution in [1.29, 1.82) is 0 Å². The van der Waals surface area contributed by atoms with Gasteiger partial charge in [0.05, 0.1) is 17.0 Å². The van der Waals surface area contributed by atoms with Crippen LogP contribution in [0.4, 0.5) is 4.79 Å². The van der Waals surface area contributed by atoms with E-state index in [9.17, 15) is 26.4 Å². The minimum Gasteiger partial charge on any atom is -0.445 e. The number of rotatable bonds is 12. The number of piperazine rings is 1. The maximum absolute atomic E-state index is 14.4. The molecule has 1 saturated heterocycles. The second-order valence-electron chi connectivity index (χ2n) is 11.7. The molecule has 11 nitrogen and oxygen atoms in total. The summed E-state index contributed by atoms with van der Waals surface area (Å²) >= 11 is 0. The fourth-order valence-corrected chi connectivity index (χ4v) is 8.57. The number of amides is 1. The minimum atomic E-state index is -4.15. The van der Waals surface area contributed by atoms with Crippen molar-refractivity contribution in [3.05, 3.63) is 139 Å². The molecule has 5 aromatic rings. The summed E-state index contributed by atoms with van der Waals surface area (Å²) < 4.78 is 65.7. The van der Waals surface area contributed by atoms with Crippen LogP contribution < -0.4 is 14.8 Å². The van der Waals surface area contributed by atoms with E-state index < -0.39 is 44.1 Å². The third kappa shape index (κ3) is 8.03. The molecule has 2 N–H and O–H groups in total. The first-order chi connectivity index (χ1) is 24.1. The number of nitrogens with one attached hydrogen (secondary N) is 2. The molecule has 1 heterocycles. The van der Waals surface area contributed by atoms with Gasteiger partial charge in [0.1, 0.15) is 17.3 Å². The first-order valence-corrected chi connectivity index (χ1v) is 18.8. The molecule has 13 heteroatoms. The van der Waals surface area contributed by atoms with Gasteiger partial charge in [-0.1, -0.05) is 97.1 Å². The minimum absolute atomic E-state index is 0.00273. The quantitative estimate of drug-likeness (QED) is 0.176. The third-order valence-electron chi connectivity index (χ3n) is 8.31. The molecule has 0 bridgehead atoms. The summed E-state index contributed by atoms with van der Waals surface area (Å²) in [5, 5.41) is 7.07. The van der Waals surface area contributed by atoms with Crippen LogP contribution in [0.5, 0.6) is 5.75 Å². The lowest BCUT2D eigenvalue weighted by atomic mass is 9.97. The molecule has 1 aliphatic heterocycles. The second-order valence-corrected chi connectivity index (χ2v) is 15.1. The Morgan fingerprint density at radius 1 is 0.780 bits per heavy atom. The summed E-state index contributed by atoms with van der Waals surface area (Å²) in [6, 6.07) is 32.6. The van der Waals surface area contributed by atoms with Gasteiger partial charge in [0.15, 0.2) is 5.78 Å². The highest BCUT2D eigenvalue weighted by atomic mass is 32.2. The van der Waals surface area contributed by atoms with Gasteiger partial charge in [0.25, 0.3) is 0 Å². The van der Waals surface area contributed by atoms with Crippen LogP contribution in [0.1, 0.15) is 11.1 Å². The Balaban J connectivity index is 1.25. The van der Waals surface area contributed by atoms with Crippen LogP contribution in [-0.2, 0) is 42.7 Å². The number of benzene rings is 5. The second kappa shape index (κ2) is 15.2. The lowest BCUT2D eigenvalue weighted by Crippen LogP contribution is -2.61. The SMILES string of the molecule is O=C(N[C@@H](Cc1ccc(OS(=O)(=O)c2ccccc2)cc1)C(=O)C1CNCCN1S(=O)(=O)c1cccc2ccccc12)OCc1ccccc1. The summed E-state index contributed by atoms with van der Waals surface area (Å²) in [5.41, 5.74) is 1.30. The number of alkyl carbamates (subject to hydrolysis) is 1. The first-order valence-electron chi connectivity index (χ1n) is 15.9. The van der Waals surface area contributed by atoms with Crippen LogP contribution in [0.15, 0.2) is 137 Å². The zero-order valence-corrected chi connectivity index (χ0v) is 28.5. The van der Waals surface area contributed by atoms with Crippen molar-refractivity contribution in [1.82, 2.24) is 14.9 Å². The molecule has 0 spiro atoms. The first kappa shape index (κ1) is 34.8. The summed E-state index contributed by atoms with van der Waals surface area (Å²) in [6.07, 6.45) is -0.891. The van der Waals surface area contributed by atoms with Crippen molar-refractivity contribution in [3.8, 4) is 5.75 Å². The Morgan fingerprint density at radius 3 is 2.18 bits per heavy atom. The zero-order chi connectivity index (χ0) is 35.1. The summed E-state index contributed by atoms with van der Waals surface area (Å²) in [4.78, 5) is 27.5. The average Bonchev–Trinajstić information content (AvgIpc) is 3.14. The highest BCUT2D eigenvalue weighted by molar-refractivity contribution is 7.89. The van der Waals surface area contributed by atoms with E-state index in [2.05, 4.69) is 10.6 Å². The largest absolute Gasteiger partial charge is 0.445 e. The van der Waals surface area contributed by atoms with Gasteiger partial charge in [0.2, 0.25) is 10.0 Å². The molecule has 0 radical (unpaired) electrons. The van der Waals surface area contributed by atoms with Gasteiger partial charge >= 0.3 is 16.2 Å². The number of hydrogen-bond acceptors (Lipinski definition) is 9. The number of hydrogen-bond donors (Lipinski definition) is 2. The van der Waals surface area contributed by atoms with E-state index in [1.165, 1.54) is 34.6 Å². The lowest BCUT2D eigenvalue weighted by molar-refractivity contribution is -0.125. The Hall–Kier alpha value is -5.08. The van der Waals surface area contributed by atoms with E-state index in [1.807, 2.05) is 36.4 Å².